The van der Waals surface area contributed by atoms with Crippen LogP contribution in [0, 0.1) is 11.3 Å². The van der Waals surface area contributed by atoms with Gasteiger partial charge in [-0.05, 0) is 53.2 Å². The van der Waals surface area contributed by atoms with E-state index in [0.29, 0.717) is 11.4 Å². The lowest BCUT2D eigenvalue weighted by Crippen LogP contribution is -1.96. The molecule has 214 valence electrons. The number of fused-ring (bicyclic) bond motifs is 2. The van der Waals surface area contributed by atoms with Crippen LogP contribution in [-0.4, -0.2) is 19.9 Å². The van der Waals surface area contributed by atoms with Crippen molar-refractivity contribution in [3.8, 4) is 62.5 Å². The van der Waals surface area contributed by atoms with Crippen molar-refractivity contribution in [3.63, 3.8) is 0 Å². The van der Waals surface area contributed by atoms with Gasteiger partial charge in [-0.25, -0.2) is 19.9 Å². The normalized spacial score (nSPS) is 11.0. The highest BCUT2D eigenvalue weighted by atomic mass is 14.9. The van der Waals surface area contributed by atoms with Crippen molar-refractivity contribution in [1.29, 1.82) is 5.26 Å². The van der Waals surface area contributed by atoms with Gasteiger partial charge in [0.1, 0.15) is 0 Å². The molecular weight excluding hydrogens is 562 g/mol. The van der Waals surface area contributed by atoms with E-state index in [2.05, 4.69) is 72.8 Å². The fourth-order valence-corrected chi connectivity index (χ4v) is 5.76. The molecule has 0 saturated heterocycles. The molecule has 6 aromatic carbocycles. The van der Waals surface area contributed by atoms with Crippen molar-refractivity contribution < 1.29 is 0 Å². The highest BCUT2D eigenvalue weighted by Gasteiger charge is 2.16. The monoisotopic (exact) mass is 587 g/mol. The molecule has 0 N–H and O–H groups in total. The predicted molar refractivity (Wildman–Crippen MR) is 185 cm³/mol. The van der Waals surface area contributed by atoms with Crippen molar-refractivity contribution >= 4 is 21.8 Å². The molecule has 2 aromatic heterocycles. The van der Waals surface area contributed by atoms with E-state index in [1.165, 1.54) is 0 Å². The Morgan fingerprint density at radius 1 is 0.391 bits per heavy atom. The minimum absolute atomic E-state index is 0.582. The van der Waals surface area contributed by atoms with Gasteiger partial charge >= 0.3 is 0 Å². The second-order valence-corrected chi connectivity index (χ2v) is 11.1. The van der Waals surface area contributed by atoms with Crippen LogP contribution in [0.1, 0.15) is 5.56 Å². The van der Waals surface area contributed by atoms with Crippen molar-refractivity contribution in [2.45, 2.75) is 0 Å². The van der Waals surface area contributed by atoms with E-state index in [0.717, 1.165) is 72.4 Å². The van der Waals surface area contributed by atoms with Crippen LogP contribution in [0.2, 0.25) is 0 Å². The molecule has 8 rings (SSSR count). The molecule has 0 amide bonds. The minimum atomic E-state index is 0.582. The van der Waals surface area contributed by atoms with Gasteiger partial charge in [0.05, 0.1) is 45.4 Å². The average Bonchev–Trinajstić information content (AvgIpc) is 3.14. The first-order valence-electron chi connectivity index (χ1n) is 15.0. The van der Waals surface area contributed by atoms with Crippen LogP contribution < -0.4 is 0 Å². The van der Waals surface area contributed by atoms with E-state index in [4.69, 9.17) is 19.9 Å². The summed E-state index contributed by atoms with van der Waals surface area (Å²) in [5.41, 5.74) is 10.3. The van der Waals surface area contributed by atoms with Crippen LogP contribution in [0.3, 0.4) is 0 Å². The summed E-state index contributed by atoms with van der Waals surface area (Å²) in [6.07, 6.45) is 0. The number of hydrogen-bond donors (Lipinski definition) is 0. The van der Waals surface area contributed by atoms with Crippen LogP contribution in [0.4, 0.5) is 0 Å². The zero-order valence-electron chi connectivity index (χ0n) is 24.7. The van der Waals surface area contributed by atoms with Gasteiger partial charge in [-0.15, -0.1) is 0 Å². The van der Waals surface area contributed by atoms with Gasteiger partial charge < -0.3 is 0 Å². The van der Waals surface area contributed by atoms with Crippen LogP contribution in [-0.2, 0) is 0 Å². The van der Waals surface area contributed by atoms with Gasteiger partial charge in [-0.1, -0.05) is 109 Å². The van der Waals surface area contributed by atoms with E-state index < -0.39 is 0 Å². The van der Waals surface area contributed by atoms with Gasteiger partial charge in [0, 0.05) is 27.8 Å². The van der Waals surface area contributed by atoms with Crippen molar-refractivity contribution in [1.82, 2.24) is 19.9 Å². The summed E-state index contributed by atoms with van der Waals surface area (Å²) >= 11 is 0. The minimum Gasteiger partial charge on any atom is -0.244 e. The molecule has 5 nitrogen and oxygen atoms in total. The summed E-state index contributed by atoms with van der Waals surface area (Å²) in [7, 11) is 0. The number of para-hydroxylation sites is 2. The molecule has 0 aliphatic rings. The summed E-state index contributed by atoms with van der Waals surface area (Å²) in [5.74, 6) is 0.672. The molecule has 0 aliphatic carbocycles. The van der Waals surface area contributed by atoms with Crippen LogP contribution in [0.15, 0.2) is 152 Å². The zero-order chi connectivity index (χ0) is 30.9. The van der Waals surface area contributed by atoms with Gasteiger partial charge in [-0.3, -0.25) is 0 Å². The Hall–Kier alpha value is -6.51. The van der Waals surface area contributed by atoms with Crippen molar-refractivity contribution in [2.24, 2.45) is 0 Å². The summed E-state index contributed by atoms with van der Waals surface area (Å²) in [6, 6.07) is 52.8. The second-order valence-electron chi connectivity index (χ2n) is 11.1. The molecule has 0 spiro atoms. The molecule has 0 aliphatic heterocycles. The Kier molecular flexibility index (Phi) is 6.79. The number of aromatic nitrogens is 4. The smallest absolute Gasteiger partial charge is 0.160 e. The van der Waals surface area contributed by atoms with Crippen LogP contribution in [0.5, 0.6) is 0 Å². The topological polar surface area (TPSA) is 75.3 Å². The van der Waals surface area contributed by atoms with Gasteiger partial charge in [-0.2, -0.15) is 5.26 Å². The Balaban J connectivity index is 1.24. The summed E-state index contributed by atoms with van der Waals surface area (Å²) < 4.78 is 0. The maximum Gasteiger partial charge on any atom is 0.160 e. The molecule has 0 unspecified atom stereocenters. The average molecular weight is 588 g/mol. The molecule has 5 heteroatoms. The highest BCUT2D eigenvalue weighted by molar-refractivity contribution is 5.93. The highest BCUT2D eigenvalue weighted by Crippen LogP contribution is 2.34. The van der Waals surface area contributed by atoms with Crippen molar-refractivity contribution in [2.75, 3.05) is 0 Å². The largest absolute Gasteiger partial charge is 0.244 e. The second kappa shape index (κ2) is 11.5. The number of nitriles is 1. The summed E-state index contributed by atoms with van der Waals surface area (Å²) in [6.45, 7) is 0. The lowest BCUT2D eigenvalue weighted by Gasteiger charge is -2.12. The quantitative estimate of drug-likeness (QED) is 0.200. The first kappa shape index (κ1) is 27.1. The third-order valence-corrected chi connectivity index (χ3v) is 8.07. The summed E-state index contributed by atoms with van der Waals surface area (Å²) in [4.78, 5) is 20.1. The number of nitrogens with zero attached hydrogens (tertiary/aromatic N) is 5. The third kappa shape index (κ3) is 5.15. The van der Waals surface area contributed by atoms with E-state index >= 15 is 0 Å². The Morgan fingerprint density at radius 3 is 1.48 bits per heavy atom. The molecule has 46 heavy (non-hydrogen) atoms. The molecule has 2 heterocycles. The SMILES string of the molecule is N#Cc1cccc(-c2nc3ccccc3nc2-c2ccc3cc(-c4nc(-c5ccccc5)cc(-c5ccccc5)n4)ccc3c2)c1. The van der Waals surface area contributed by atoms with E-state index in [1.807, 2.05) is 78.9 Å². The summed E-state index contributed by atoms with van der Waals surface area (Å²) in [5, 5.41) is 11.7. The maximum atomic E-state index is 9.54. The number of benzene rings is 6. The Morgan fingerprint density at radius 2 is 0.891 bits per heavy atom. The Bertz CT molecular complexity index is 2370. The first-order valence-corrected chi connectivity index (χ1v) is 15.0. The molecule has 0 saturated carbocycles. The van der Waals surface area contributed by atoms with E-state index in [-0.39, 0.29) is 0 Å². The maximum absolute atomic E-state index is 9.54. The van der Waals surface area contributed by atoms with Gasteiger partial charge in [0.2, 0.25) is 0 Å². The molecular formula is C41H25N5. The fraction of sp³-hybridized carbons (Fsp3) is 0. The van der Waals surface area contributed by atoms with Crippen molar-refractivity contribution in [3.05, 3.63) is 157 Å². The predicted octanol–water partition coefficient (Wildman–Crippen LogP) is 9.78. The first-order chi connectivity index (χ1) is 22.7. The molecule has 8 aromatic rings. The zero-order valence-corrected chi connectivity index (χ0v) is 24.7. The van der Waals surface area contributed by atoms with Gasteiger partial charge in [0.15, 0.2) is 5.82 Å². The molecule has 0 atom stereocenters. The van der Waals surface area contributed by atoms with Crippen LogP contribution >= 0.6 is 0 Å². The molecule has 0 fully saturated rings. The lowest BCUT2D eigenvalue weighted by atomic mass is 9.98. The Labute approximate surface area is 266 Å². The third-order valence-electron chi connectivity index (χ3n) is 8.07. The standard InChI is InChI=1S/C41H25N5/c42-26-27-10-9-15-32(22-27)39-40(44-36-17-8-7-16-35(36)43-39)33-20-18-31-24-34(21-19-30(31)23-33)41-45-37(28-11-3-1-4-12-28)25-38(46-41)29-13-5-2-6-14-29/h1-25H. The van der Waals surface area contributed by atoms with E-state index in [9.17, 15) is 5.26 Å². The van der Waals surface area contributed by atoms with Crippen LogP contribution in [0.25, 0.3) is 78.2 Å². The molecule has 0 bridgehead atoms. The van der Waals surface area contributed by atoms with Gasteiger partial charge in [0.25, 0.3) is 0 Å². The van der Waals surface area contributed by atoms with E-state index in [1.54, 1.807) is 6.07 Å². The lowest BCUT2D eigenvalue weighted by molar-refractivity contribution is 1.18. The fourth-order valence-electron chi connectivity index (χ4n) is 5.76. The number of hydrogen-bond acceptors (Lipinski definition) is 5. The molecule has 0 radical (unpaired) electrons. The number of rotatable bonds is 5.